The molecule has 9 heteroatoms. The molecule has 0 aromatic heterocycles. The highest BCUT2D eigenvalue weighted by Crippen LogP contribution is 2.36. The van der Waals surface area contributed by atoms with Gasteiger partial charge in [0.2, 0.25) is 5.91 Å². The van der Waals surface area contributed by atoms with Crippen molar-refractivity contribution in [3.05, 3.63) is 70.1 Å². The lowest BCUT2D eigenvalue weighted by molar-refractivity contribution is -0.127. The summed E-state index contributed by atoms with van der Waals surface area (Å²) in [7, 11) is 3.07. The highest BCUT2D eigenvalue weighted by atomic mass is 35.5. The molecule has 2 aromatic carbocycles. The Morgan fingerprint density at radius 2 is 1.91 bits per heavy atom. The van der Waals surface area contributed by atoms with E-state index in [1.807, 2.05) is 6.07 Å². The zero-order valence-corrected chi connectivity index (χ0v) is 19.1. The smallest absolute Gasteiger partial charge is 0.294 e. The Balaban J connectivity index is 1.79. The summed E-state index contributed by atoms with van der Waals surface area (Å²) in [5.41, 5.74) is 2.01. The van der Waals surface area contributed by atoms with E-state index in [0.29, 0.717) is 34.2 Å². The van der Waals surface area contributed by atoms with Crippen LogP contribution in [-0.2, 0) is 16.0 Å². The van der Waals surface area contributed by atoms with Gasteiger partial charge in [-0.2, -0.15) is 0 Å². The van der Waals surface area contributed by atoms with Gasteiger partial charge in [0.05, 0.1) is 19.1 Å². The van der Waals surface area contributed by atoms with Crippen LogP contribution in [0, 0.1) is 0 Å². The number of carbonyl (C=O) groups is 3. The van der Waals surface area contributed by atoms with E-state index >= 15 is 0 Å². The number of ether oxygens (including phenoxy) is 2. The van der Waals surface area contributed by atoms with Gasteiger partial charge in [-0.1, -0.05) is 17.7 Å². The van der Waals surface area contributed by atoms with Crippen molar-refractivity contribution in [1.29, 1.82) is 0 Å². The zero-order chi connectivity index (χ0) is 23.3. The van der Waals surface area contributed by atoms with Crippen molar-refractivity contribution in [2.24, 2.45) is 0 Å². The normalized spacial score (nSPS) is 14.6. The Bertz CT molecular complexity index is 1100. The van der Waals surface area contributed by atoms with Crippen molar-refractivity contribution in [2.45, 2.75) is 6.42 Å². The molecule has 0 spiro atoms. The summed E-state index contributed by atoms with van der Waals surface area (Å²) in [5.74, 6) is 0.0535. The average molecular weight is 473 g/mol. The molecule has 1 N–H and O–H groups in total. The molecule has 1 saturated heterocycles. The second kappa shape index (κ2) is 10.4. The van der Waals surface area contributed by atoms with E-state index in [2.05, 4.69) is 11.9 Å². The van der Waals surface area contributed by atoms with Crippen molar-refractivity contribution in [1.82, 2.24) is 4.90 Å². The monoisotopic (exact) mass is 472 g/mol. The van der Waals surface area contributed by atoms with Gasteiger partial charge < -0.3 is 14.8 Å². The third-order valence-corrected chi connectivity index (χ3v) is 5.70. The van der Waals surface area contributed by atoms with Crippen LogP contribution in [0.5, 0.6) is 11.5 Å². The molecule has 166 valence electrons. The minimum Gasteiger partial charge on any atom is -0.493 e. The number of carbonyl (C=O) groups excluding carboxylic acids is 3. The Kier molecular flexibility index (Phi) is 7.61. The predicted octanol–water partition coefficient (Wildman–Crippen LogP) is 4.76. The lowest BCUT2D eigenvalue weighted by Crippen LogP contribution is -2.36. The van der Waals surface area contributed by atoms with Gasteiger partial charge in [-0.3, -0.25) is 19.3 Å². The van der Waals surface area contributed by atoms with E-state index in [1.54, 1.807) is 49.6 Å². The van der Waals surface area contributed by atoms with Gasteiger partial charge in [-0.25, -0.2) is 0 Å². The maximum atomic E-state index is 12.8. The quantitative estimate of drug-likeness (QED) is 0.440. The summed E-state index contributed by atoms with van der Waals surface area (Å²) in [5, 5.41) is 2.66. The Hall–Kier alpha value is -3.23. The molecule has 7 nitrogen and oxygen atoms in total. The summed E-state index contributed by atoms with van der Waals surface area (Å²) in [6.07, 6.45) is 3.86. The van der Waals surface area contributed by atoms with Crippen LogP contribution in [0.2, 0.25) is 5.02 Å². The Labute approximate surface area is 195 Å². The first-order chi connectivity index (χ1) is 15.4. The number of benzene rings is 2. The number of hydrogen-bond acceptors (Lipinski definition) is 6. The molecule has 32 heavy (non-hydrogen) atoms. The summed E-state index contributed by atoms with van der Waals surface area (Å²) in [6, 6.07) is 10.1. The number of allylic oxidation sites excluding steroid dienone is 1. The van der Waals surface area contributed by atoms with Gasteiger partial charge in [0.25, 0.3) is 11.1 Å². The highest BCUT2D eigenvalue weighted by molar-refractivity contribution is 8.18. The molecule has 3 amide bonds. The minimum absolute atomic E-state index is 0.214. The van der Waals surface area contributed by atoms with Crippen LogP contribution in [0.25, 0.3) is 6.08 Å². The maximum Gasteiger partial charge on any atom is 0.294 e. The molecule has 2 aromatic rings. The molecule has 1 heterocycles. The molecule has 0 atom stereocenters. The van der Waals surface area contributed by atoms with Gasteiger partial charge in [-0.15, -0.1) is 6.58 Å². The molecular weight excluding hydrogens is 452 g/mol. The van der Waals surface area contributed by atoms with Gasteiger partial charge in [0.15, 0.2) is 11.5 Å². The van der Waals surface area contributed by atoms with E-state index in [-0.39, 0.29) is 4.91 Å². The second-order valence-electron chi connectivity index (χ2n) is 6.73. The molecule has 1 aliphatic heterocycles. The first kappa shape index (κ1) is 23.4. The summed E-state index contributed by atoms with van der Waals surface area (Å²) >= 11 is 6.61. The number of hydrogen-bond donors (Lipinski definition) is 1. The van der Waals surface area contributed by atoms with Gasteiger partial charge >= 0.3 is 0 Å². The van der Waals surface area contributed by atoms with E-state index in [9.17, 15) is 14.4 Å². The molecule has 0 aliphatic carbocycles. The second-order valence-corrected chi connectivity index (χ2v) is 8.16. The molecule has 0 radical (unpaired) electrons. The molecule has 0 bridgehead atoms. The average Bonchev–Trinajstić information content (AvgIpc) is 3.02. The zero-order valence-electron chi connectivity index (χ0n) is 17.5. The van der Waals surface area contributed by atoms with Crippen molar-refractivity contribution in [3.63, 3.8) is 0 Å². The van der Waals surface area contributed by atoms with E-state index in [4.69, 9.17) is 21.1 Å². The number of nitrogens with zero attached hydrogens (tertiary/aromatic N) is 1. The molecule has 0 unspecified atom stereocenters. The fourth-order valence-electron chi connectivity index (χ4n) is 3.12. The highest BCUT2D eigenvalue weighted by Gasteiger charge is 2.36. The molecular formula is C23H21ClN2O5S. The lowest BCUT2D eigenvalue weighted by atomic mass is 10.0. The van der Waals surface area contributed by atoms with Crippen LogP contribution in [-0.4, -0.2) is 42.7 Å². The summed E-state index contributed by atoms with van der Waals surface area (Å²) < 4.78 is 10.8. The number of thioether (sulfide) groups is 1. The van der Waals surface area contributed by atoms with Crippen molar-refractivity contribution in [2.75, 3.05) is 26.1 Å². The summed E-state index contributed by atoms with van der Waals surface area (Å²) in [6.45, 7) is 3.36. The molecule has 1 aliphatic rings. The van der Waals surface area contributed by atoms with Crippen LogP contribution in [0.4, 0.5) is 10.5 Å². The number of methoxy groups -OCH3 is 2. The number of imide groups is 1. The van der Waals surface area contributed by atoms with Crippen molar-refractivity contribution < 1.29 is 23.9 Å². The maximum absolute atomic E-state index is 12.8. The van der Waals surface area contributed by atoms with Gasteiger partial charge in [0, 0.05) is 16.3 Å². The first-order valence-electron chi connectivity index (χ1n) is 9.52. The number of halogens is 1. The van der Waals surface area contributed by atoms with E-state index in [0.717, 1.165) is 22.2 Å². The van der Waals surface area contributed by atoms with Crippen LogP contribution in [0.1, 0.15) is 11.1 Å². The third kappa shape index (κ3) is 5.33. The summed E-state index contributed by atoms with van der Waals surface area (Å²) in [4.78, 5) is 38.6. The van der Waals surface area contributed by atoms with Crippen LogP contribution >= 0.6 is 23.4 Å². The number of rotatable bonds is 8. The minimum atomic E-state index is -0.536. The van der Waals surface area contributed by atoms with Crippen LogP contribution in [0.15, 0.2) is 54.0 Å². The van der Waals surface area contributed by atoms with E-state index < -0.39 is 23.6 Å². The topological polar surface area (TPSA) is 84.9 Å². The fraction of sp³-hybridized carbons (Fsp3) is 0.174. The van der Waals surface area contributed by atoms with Gasteiger partial charge in [0.1, 0.15) is 6.54 Å². The number of amides is 3. The fourth-order valence-corrected chi connectivity index (χ4v) is 4.09. The molecule has 0 saturated carbocycles. The van der Waals surface area contributed by atoms with Crippen molar-refractivity contribution in [3.8, 4) is 11.5 Å². The number of nitrogens with one attached hydrogen (secondary N) is 1. The predicted molar refractivity (Wildman–Crippen MR) is 126 cm³/mol. The van der Waals surface area contributed by atoms with E-state index in [1.165, 1.54) is 7.11 Å². The largest absolute Gasteiger partial charge is 0.493 e. The van der Waals surface area contributed by atoms with Gasteiger partial charge in [-0.05, 0) is 66.2 Å². The standard InChI is InChI=1S/C23H21ClN2O5S/c1-4-5-15-10-14(11-18(30-2)21(15)31-3)12-19-22(28)26(23(29)32-19)13-20(27)25-17-8-6-16(24)7-9-17/h4,6-12H,1,5,13H2,2-3H3,(H,25,27)/b19-12-. The Morgan fingerprint density at radius 3 is 2.53 bits per heavy atom. The molecule has 1 fully saturated rings. The number of anilines is 1. The SMILES string of the molecule is C=CCc1cc(/C=C2\SC(=O)N(CC(=O)Nc3ccc(Cl)cc3)C2=O)cc(OC)c1OC. The van der Waals surface area contributed by atoms with Crippen LogP contribution < -0.4 is 14.8 Å². The van der Waals surface area contributed by atoms with Crippen molar-refractivity contribution >= 4 is 52.2 Å². The lowest BCUT2D eigenvalue weighted by Gasteiger charge is -2.13. The Morgan fingerprint density at radius 1 is 1.19 bits per heavy atom. The third-order valence-electron chi connectivity index (χ3n) is 4.54. The molecule has 3 rings (SSSR count). The van der Waals surface area contributed by atoms with Crippen LogP contribution in [0.3, 0.4) is 0 Å². The first-order valence-corrected chi connectivity index (χ1v) is 10.7.